The first-order chi connectivity index (χ1) is 12.9. The number of rotatable bonds is 8. The molecular formula is C20H26N2O4S. The van der Waals surface area contributed by atoms with Crippen molar-refractivity contribution in [3.8, 4) is 5.75 Å². The molecule has 1 fully saturated rings. The van der Waals surface area contributed by atoms with Gasteiger partial charge in [-0.25, -0.2) is 8.42 Å². The van der Waals surface area contributed by atoms with Gasteiger partial charge in [0.2, 0.25) is 10.0 Å². The second-order valence-corrected chi connectivity index (χ2v) is 9.11. The Morgan fingerprint density at radius 3 is 2.33 bits per heavy atom. The summed E-state index contributed by atoms with van der Waals surface area (Å²) in [5.41, 5.74) is 2.63. The molecule has 2 N–H and O–H groups in total. The van der Waals surface area contributed by atoms with Crippen LogP contribution in [0.15, 0.2) is 48.5 Å². The molecule has 0 aromatic heterocycles. The van der Waals surface area contributed by atoms with Crippen LogP contribution in [0.3, 0.4) is 0 Å². The lowest BCUT2D eigenvalue weighted by atomic mass is 10.2. The second kappa shape index (κ2) is 8.63. The lowest BCUT2D eigenvalue weighted by molar-refractivity contribution is 0.141. The highest BCUT2D eigenvalue weighted by Gasteiger charge is 2.17. The van der Waals surface area contributed by atoms with E-state index in [0.29, 0.717) is 18.8 Å². The van der Waals surface area contributed by atoms with Crippen molar-refractivity contribution in [2.45, 2.75) is 38.2 Å². The first-order valence-corrected chi connectivity index (χ1v) is 10.7. The summed E-state index contributed by atoms with van der Waals surface area (Å²) in [5, 5.41) is 2.88. The van der Waals surface area contributed by atoms with Gasteiger partial charge < -0.3 is 14.8 Å². The van der Waals surface area contributed by atoms with Crippen LogP contribution < -0.4 is 14.8 Å². The van der Waals surface area contributed by atoms with Crippen LogP contribution in [0.4, 0.5) is 11.4 Å². The molecule has 1 aliphatic heterocycles. The van der Waals surface area contributed by atoms with E-state index in [1.807, 2.05) is 36.4 Å². The Bertz CT molecular complexity index is 827. The fourth-order valence-electron chi connectivity index (χ4n) is 2.63. The summed E-state index contributed by atoms with van der Waals surface area (Å²) in [5.74, 6) is 0.845. The molecule has 1 heterocycles. The highest BCUT2D eigenvalue weighted by atomic mass is 32.2. The van der Waals surface area contributed by atoms with Crippen LogP contribution in [-0.4, -0.2) is 33.0 Å². The minimum atomic E-state index is -3.32. The smallest absolute Gasteiger partial charge is 0.235 e. The van der Waals surface area contributed by atoms with Crippen LogP contribution in [0.25, 0.3) is 0 Å². The van der Waals surface area contributed by atoms with Gasteiger partial charge in [-0.05, 0) is 55.8 Å². The number of nitrogens with one attached hydrogen (secondary N) is 2. The zero-order valence-electron chi connectivity index (χ0n) is 15.6. The maximum Gasteiger partial charge on any atom is 0.235 e. The van der Waals surface area contributed by atoms with E-state index in [0.717, 1.165) is 30.0 Å². The Hall–Kier alpha value is -2.25. The van der Waals surface area contributed by atoms with Crippen LogP contribution in [0.2, 0.25) is 0 Å². The van der Waals surface area contributed by atoms with E-state index in [9.17, 15) is 8.42 Å². The van der Waals surface area contributed by atoms with Gasteiger partial charge in [0.05, 0.1) is 18.5 Å². The Morgan fingerprint density at radius 2 is 1.74 bits per heavy atom. The zero-order valence-corrected chi connectivity index (χ0v) is 16.5. The summed E-state index contributed by atoms with van der Waals surface area (Å²) in [6.45, 7) is 5.37. The van der Waals surface area contributed by atoms with E-state index in [4.69, 9.17) is 9.47 Å². The molecule has 0 radical (unpaired) electrons. The van der Waals surface area contributed by atoms with Crippen molar-refractivity contribution >= 4 is 21.4 Å². The third kappa shape index (κ3) is 5.61. The van der Waals surface area contributed by atoms with Crippen LogP contribution in [0, 0.1) is 0 Å². The molecule has 0 spiro atoms. The molecule has 2 aromatic carbocycles. The van der Waals surface area contributed by atoms with Gasteiger partial charge in [0.25, 0.3) is 0 Å². The summed E-state index contributed by atoms with van der Waals surface area (Å²) in [7, 11) is -3.32. The highest BCUT2D eigenvalue weighted by molar-refractivity contribution is 7.93. The summed E-state index contributed by atoms with van der Waals surface area (Å²) in [4.78, 5) is 0. The fourth-order valence-corrected chi connectivity index (χ4v) is 3.33. The number of sulfonamides is 1. The van der Waals surface area contributed by atoms with Gasteiger partial charge in [0.15, 0.2) is 0 Å². The molecule has 0 bridgehead atoms. The van der Waals surface area contributed by atoms with Crippen LogP contribution >= 0.6 is 0 Å². The Kier molecular flexibility index (Phi) is 6.23. The molecule has 1 atom stereocenters. The van der Waals surface area contributed by atoms with E-state index < -0.39 is 15.3 Å². The maximum atomic E-state index is 11.9. The third-order valence-corrected chi connectivity index (χ3v) is 6.14. The minimum absolute atomic E-state index is 0.149. The Labute approximate surface area is 160 Å². The molecule has 1 unspecified atom stereocenters. The summed E-state index contributed by atoms with van der Waals surface area (Å²) in [6.07, 6.45) is 1.08. The van der Waals surface area contributed by atoms with E-state index in [1.54, 1.807) is 26.0 Å². The highest BCUT2D eigenvalue weighted by Crippen LogP contribution is 2.20. The van der Waals surface area contributed by atoms with Crippen LogP contribution in [0.1, 0.15) is 25.8 Å². The fraction of sp³-hybridized carbons (Fsp3) is 0.400. The Morgan fingerprint density at radius 1 is 1.07 bits per heavy atom. The molecule has 0 amide bonds. The molecule has 2 aromatic rings. The first-order valence-electron chi connectivity index (χ1n) is 9.11. The number of benzene rings is 2. The molecule has 0 aliphatic carbocycles. The number of ether oxygens (including phenoxy) is 2. The van der Waals surface area contributed by atoms with Crippen molar-refractivity contribution in [2.24, 2.45) is 0 Å². The predicted octanol–water partition coefficient (Wildman–Crippen LogP) is 3.62. The van der Waals surface area contributed by atoms with Gasteiger partial charge in [-0.1, -0.05) is 12.1 Å². The van der Waals surface area contributed by atoms with E-state index in [-0.39, 0.29) is 6.10 Å². The van der Waals surface area contributed by atoms with E-state index in [1.165, 1.54) is 0 Å². The van der Waals surface area contributed by atoms with E-state index in [2.05, 4.69) is 10.0 Å². The summed E-state index contributed by atoms with van der Waals surface area (Å²) >= 11 is 0. The van der Waals surface area contributed by atoms with Gasteiger partial charge in [0, 0.05) is 24.3 Å². The van der Waals surface area contributed by atoms with Crippen LogP contribution in [-0.2, 0) is 21.3 Å². The molecule has 1 saturated heterocycles. The number of anilines is 2. The standard InChI is InChI=1S/C20H26N2O4S/c1-15(2)27(23,24)22-18-5-3-16(4-6-18)13-21-17-7-9-19(10-8-17)26-20-11-12-25-14-20/h3-10,15,20-22H,11-14H2,1-2H3. The molecule has 0 saturated carbocycles. The zero-order chi connectivity index (χ0) is 19.3. The van der Waals surface area contributed by atoms with Gasteiger partial charge in [-0.3, -0.25) is 4.72 Å². The van der Waals surface area contributed by atoms with Gasteiger partial charge >= 0.3 is 0 Å². The second-order valence-electron chi connectivity index (χ2n) is 6.87. The monoisotopic (exact) mass is 390 g/mol. The molecule has 7 heteroatoms. The SMILES string of the molecule is CC(C)S(=O)(=O)Nc1ccc(CNc2ccc(OC3CCOC3)cc2)cc1. The average molecular weight is 391 g/mol. The lowest BCUT2D eigenvalue weighted by Gasteiger charge is -2.13. The number of hydrogen-bond donors (Lipinski definition) is 2. The molecule has 6 nitrogen and oxygen atoms in total. The quantitative estimate of drug-likeness (QED) is 0.720. The van der Waals surface area contributed by atoms with Gasteiger partial charge in [-0.15, -0.1) is 0 Å². The normalized spacial score (nSPS) is 17.1. The van der Waals surface area contributed by atoms with Crippen molar-refractivity contribution in [3.05, 3.63) is 54.1 Å². The van der Waals surface area contributed by atoms with Crippen molar-refractivity contribution in [1.29, 1.82) is 0 Å². The lowest BCUT2D eigenvalue weighted by Crippen LogP contribution is -2.22. The van der Waals surface area contributed by atoms with Crippen molar-refractivity contribution in [2.75, 3.05) is 23.3 Å². The topological polar surface area (TPSA) is 76.7 Å². The Balaban J connectivity index is 1.51. The van der Waals surface area contributed by atoms with Crippen molar-refractivity contribution < 1.29 is 17.9 Å². The predicted molar refractivity (Wildman–Crippen MR) is 108 cm³/mol. The average Bonchev–Trinajstić information content (AvgIpc) is 3.15. The van der Waals surface area contributed by atoms with Crippen molar-refractivity contribution in [3.63, 3.8) is 0 Å². The minimum Gasteiger partial charge on any atom is -0.488 e. The van der Waals surface area contributed by atoms with Gasteiger partial charge in [-0.2, -0.15) is 0 Å². The molecule has 146 valence electrons. The van der Waals surface area contributed by atoms with Crippen molar-refractivity contribution in [1.82, 2.24) is 0 Å². The largest absolute Gasteiger partial charge is 0.488 e. The summed E-state index contributed by atoms with van der Waals surface area (Å²) < 4.78 is 37.5. The maximum absolute atomic E-state index is 11.9. The molecular weight excluding hydrogens is 364 g/mol. The molecule has 3 rings (SSSR count). The van der Waals surface area contributed by atoms with E-state index >= 15 is 0 Å². The van der Waals surface area contributed by atoms with Crippen LogP contribution in [0.5, 0.6) is 5.75 Å². The summed E-state index contributed by atoms with van der Waals surface area (Å²) in [6, 6.07) is 15.2. The number of hydrogen-bond acceptors (Lipinski definition) is 5. The molecule has 27 heavy (non-hydrogen) atoms. The van der Waals surface area contributed by atoms with Gasteiger partial charge in [0.1, 0.15) is 11.9 Å². The third-order valence-electron chi connectivity index (χ3n) is 4.38. The molecule has 1 aliphatic rings. The first kappa shape index (κ1) is 19.5.